The Morgan fingerprint density at radius 1 is 1.13 bits per heavy atom. The number of halogens is 4. The van der Waals surface area contributed by atoms with Crippen LogP contribution in [-0.2, 0) is 32.5 Å². The van der Waals surface area contributed by atoms with Crippen molar-refractivity contribution >= 4 is 17.7 Å². The predicted molar refractivity (Wildman–Crippen MR) is 103 cm³/mol. The molecule has 1 fully saturated rings. The number of imide groups is 1. The average molecular weight is 436 g/mol. The van der Waals surface area contributed by atoms with Gasteiger partial charge >= 0.3 is 6.18 Å². The minimum Gasteiger partial charge on any atom is -0.341 e. The van der Waals surface area contributed by atoms with E-state index in [9.17, 15) is 31.9 Å². The van der Waals surface area contributed by atoms with Gasteiger partial charge in [0.15, 0.2) is 0 Å². The third-order valence-electron chi connectivity index (χ3n) is 5.53. The van der Waals surface area contributed by atoms with Gasteiger partial charge in [0.1, 0.15) is 5.82 Å². The highest BCUT2D eigenvalue weighted by Gasteiger charge is 2.53. The Morgan fingerprint density at radius 2 is 1.81 bits per heavy atom. The van der Waals surface area contributed by atoms with E-state index < -0.39 is 47.1 Å². The quantitative estimate of drug-likeness (QED) is 0.533. The van der Waals surface area contributed by atoms with Crippen molar-refractivity contribution in [3.05, 3.63) is 71.0 Å². The lowest BCUT2D eigenvalue weighted by atomic mass is 9.75. The zero-order valence-corrected chi connectivity index (χ0v) is 16.9. The maximum Gasteiger partial charge on any atom is 0.416 e. The van der Waals surface area contributed by atoms with Crippen molar-refractivity contribution in [2.75, 3.05) is 14.1 Å². The molecule has 2 aromatic rings. The molecule has 0 spiro atoms. The van der Waals surface area contributed by atoms with Crippen molar-refractivity contribution in [1.82, 2.24) is 9.80 Å². The molecule has 9 heteroatoms. The molecule has 164 valence electrons. The fraction of sp³-hybridized carbons (Fsp3) is 0.318. The molecular formula is C22H20F4N2O3. The van der Waals surface area contributed by atoms with E-state index in [2.05, 4.69) is 0 Å². The first-order valence-corrected chi connectivity index (χ1v) is 9.42. The molecule has 1 aliphatic heterocycles. The van der Waals surface area contributed by atoms with Gasteiger partial charge in [0.2, 0.25) is 17.7 Å². The summed E-state index contributed by atoms with van der Waals surface area (Å²) in [5, 5.41) is 0. The van der Waals surface area contributed by atoms with Crippen LogP contribution in [0.4, 0.5) is 17.6 Å². The topological polar surface area (TPSA) is 57.7 Å². The molecule has 3 amide bonds. The van der Waals surface area contributed by atoms with Gasteiger partial charge in [0.25, 0.3) is 0 Å². The number of likely N-dealkylation sites (N-methyl/N-ethyl adjacent to an activating group) is 1. The summed E-state index contributed by atoms with van der Waals surface area (Å²) >= 11 is 0. The van der Waals surface area contributed by atoms with E-state index >= 15 is 0 Å². The van der Waals surface area contributed by atoms with E-state index in [0.717, 1.165) is 21.9 Å². The smallest absolute Gasteiger partial charge is 0.341 e. The number of rotatable bonds is 5. The second-order valence-corrected chi connectivity index (χ2v) is 7.61. The summed E-state index contributed by atoms with van der Waals surface area (Å²) in [6.45, 7) is -0.342. The third-order valence-corrected chi connectivity index (χ3v) is 5.53. The van der Waals surface area contributed by atoms with E-state index in [0.29, 0.717) is 0 Å². The molecular weight excluding hydrogens is 416 g/mol. The molecule has 0 radical (unpaired) electrons. The fourth-order valence-electron chi connectivity index (χ4n) is 3.81. The Bertz CT molecular complexity index is 1040. The fourth-order valence-corrected chi connectivity index (χ4v) is 3.81. The number of carbonyl (C=O) groups excluding carboxylic acids is 3. The number of hydrogen-bond acceptors (Lipinski definition) is 3. The van der Waals surface area contributed by atoms with Gasteiger partial charge in [0, 0.05) is 33.5 Å². The summed E-state index contributed by atoms with van der Waals surface area (Å²) in [6, 6.07) is 9.98. The summed E-state index contributed by atoms with van der Waals surface area (Å²) in [4.78, 5) is 40.0. The standard InChI is InChI=1S/C22H20F4N2O3/c1-27(13-14-6-3-4-9-17(14)22(24,25)26)18(29)11-21(12-19(30)28(2)20(21)31)15-7-5-8-16(23)10-15/h3-10H,11-13H2,1-2H3. The molecule has 1 saturated heterocycles. The maximum atomic E-state index is 13.8. The summed E-state index contributed by atoms with van der Waals surface area (Å²) in [5.74, 6) is -2.45. The van der Waals surface area contributed by atoms with Crippen LogP contribution in [0.2, 0.25) is 0 Å². The minimum atomic E-state index is -4.58. The second-order valence-electron chi connectivity index (χ2n) is 7.61. The molecule has 1 aliphatic rings. The second kappa shape index (κ2) is 8.13. The summed E-state index contributed by atoms with van der Waals surface area (Å²) in [7, 11) is 2.60. The van der Waals surface area contributed by atoms with Crippen LogP contribution in [0.1, 0.15) is 29.5 Å². The van der Waals surface area contributed by atoms with Crippen molar-refractivity contribution in [2.24, 2.45) is 0 Å². The highest BCUT2D eigenvalue weighted by atomic mass is 19.4. The van der Waals surface area contributed by atoms with Crippen LogP contribution in [-0.4, -0.2) is 41.6 Å². The average Bonchev–Trinajstić information content (AvgIpc) is 2.92. The molecule has 0 bridgehead atoms. The van der Waals surface area contributed by atoms with Crippen molar-refractivity contribution in [3.63, 3.8) is 0 Å². The van der Waals surface area contributed by atoms with E-state index in [-0.39, 0.29) is 24.1 Å². The Hall–Kier alpha value is -3.23. The number of nitrogens with zero attached hydrogens (tertiary/aromatic N) is 2. The lowest BCUT2D eigenvalue weighted by molar-refractivity contribution is -0.141. The van der Waals surface area contributed by atoms with Crippen LogP contribution in [0.25, 0.3) is 0 Å². The van der Waals surface area contributed by atoms with Gasteiger partial charge < -0.3 is 4.90 Å². The Balaban J connectivity index is 1.91. The zero-order chi connectivity index (χ0) is 23.0. The van der Waals surface area contributed by atoms with Crippen LogP contribution in [0.3, 0.4) is 0 Å². The monoisotopic (exact) mass is 436 g/mol. The Morgan fingerprint density at radius 3 is 2.39 bits per heavy atom. The van der Waals surface area contributed by atoms with E-state index in [1.807, 2.05) is 0 Å². The highest BCUT2D eigenvalue weighted by molar-refractivity contribution is 6.10. The largest absolute Gasteiger partial charge is 0.416 e. The van der Waals surface area contributed by atoms with Crippen LogP contribution in [0, 0.1) is 5.82 Å². The molecule has 31 heavy (non-hydrogen) atoms. The highest BCUT2D eigenvalue weighted by Crippen LogP contribution is 2.40. The SMILES string of the molecule is CN(Cc1ccccc1C(F)(F)F)C(=O)CC1(c2cccc(F)c2)CC(=O)N(C)C1=O. The summed E-state index contributed by atoms with van der Waals surface area (Å²) < 4.78 is 53.6. The zero-order valence-electron chi connectivity index (χ0n) is 16.9. The van der Waals surface area contributed by atoms with Crippen molar-refractivity contribution in [1.29, 1.82) is 0 Å². The number of amides is 3. The molecule has 5 nitrogen and oxygen atoms in total. The van der Waals surface area contributed by atoms with Gasteiger partial charge in [-0.2, -0.15) is 13.2 Å². The number of alkyl halides is 3. The molecule has 2 aromatic carbocycles. The van der Waals surface area contributed by atoms with Gasteiger partial charge in [0.05, 0.1) is 11.0 Å². The van der Waals surface area contributed by atoms with Crippen LogP contribution in [0.15, 0.2) is 48.5 Å². The number of hydrogen-bond donors (Lipinski definition) is 0. The van der Waals surface area contributed by atoms with Crippen molar-refractivity contribution in [3.8, 4) is 0 Å². The molecule has 3 rings (SSSR count). The first kappa shape index (κ1) is 22.5. The predicted octanol–water partition coefficient (Wildman–Crippen LogP) is 3.52. The van der Waals surface area contributed by atoms with Gasteiger partial charge in [-0.3, -0.25) is 19.3 Å². The van der Waals surface area contributed by atoms with E-state index in [4.69, 9.17) is 0 Å². The normalized spacial score (nSPS) is 19.1. The molecule has 1 heterocycles. The lowest BCUT2D eigenvalue weighted by Crippen LogP contribution is -2.41. The Kier molecular flexibility index (Phi) is 5.89. The van der Waals surface area contributed by atoms with E-state index in [1.54, 1.807) is 0 Å². The molecule has 1 atom stereocenters. The van der Waals surface area contributed by atoms with E-state index in [1.165, 1.54) is 50.5 Å². The molecule has 1 unspecified atom stereocenters. The summed E-state index contributed by atoms with van der Waals surface area (Å²) in [5.41, 5.74) is -2.39. The lowest BCUT2D eigenvalue weighted by Gasteiger charge is -2.29. The first-order chi connectivity index (χ1) is 14.5. The van der Waals surface area contributed by atoms with Crippen LogP contribution in [0.5, 0.6) is 0 Å². The van der Waals surface area contributed by atoms with Crippen molar-refractivity contribution in [2.45, 2.75) is 31.0 Å². The van der Waals surface area contributed by atoms with Crippen LogP contribution < -0.4 is 0 Å². The van der Waals surface area contributed by atoms with Gasteiger partial charge in [-0.05, 0) is 29.3 Å². The summed E-state index contributed by atoms with van der Waals surface area (Å²) in [6.07, 6.45) is -5.39. The maximum absolute atomic E-state index is 13.8. The van der Waals surface area contributed by atoms with Crippen LogP contribution >= 0.6 is 0 Å². The van der Waals surface area contributed by atoms with Gasteiger partial charge in [-0.15, -0.1) is 0 Å². The number of likely N-dealkylation sites (tertiary alicyclic amines) is 1. The molecule has 0 aliphatic carbocycles. The number of carbonyl (C=O) groups is 3. The molecule has 0 N–H and O–H groups in total. The number of benzene rings is 2. The Labute approximate surface area is 176 Å². The molecule has 0 saturated carbocycles. The molecule has 0 aromatic heterocycles. The minimum absolute atomic E-state index is 0.100. The van der Waals surface area contributed by atoms with Gasteiger partial charge in [-0.1, -0.05) is 30.3 Å². The first-order valence-electron chi connectivity index (χ1n) is 9.42. The van der Waals surface area contributed by atoms with Crippen molar-refractivity contribution < 1.29 is 31.9 Å². The third kappa shape index (κ3) is 4.30. The van der Waals surface area contributed by atoms with Gasteiger partial charge in [-0.25, -0.2) is 4.39 Å².